The lowest BCUT2D eigenvalue weighted by molar-refractivity contribution is -0.133. The summed E-state index contributed by atoms with van der Waals surface area (Å²) in [5.41, 5.74) is 3.73. The minimum Gasteiger partial charge on any atom is -0.447 e. The highest BCUT2D eigenvalue weighted by molar-refractivity contribution is 6.04. The van der Waals surface area contributed by atoms with Gasteiger partial charge in [0.25, 0.3) is 5.91 Å². The highest BCUT2D eigenvalue weighted by atomic mass is 19.1. The van der Waals surface area contributed by atoms with E-state index in [1.165, 1.54) is 17.0 Å². The fourth-order valence-electron chi connectivity index (χ4n) is 6.38. The van der Waals surface area contributed by atoms with Crippen molar-refractivity contribution in [2.45, 2.75) is 44.2 Å². The summed E-state index contributed by atoms with van der Waals surface area (Å²) < 4.78 is 24.5. The topological polar surface area (TPSA) is 93.2 Å². The Morgan fingerprint density at radius 3 is 1.71 bits per heavy atom. The van der Waals surface area contributed by atoms with Gasteiger partial charge in [0.2, 0.25) is 5.91 Å². The highest BCUT2D eigenvalue weighted by Crippen LogP contribution is 2.27. The van der Waals surface area contributed by atoms with Gasteiger partial charge in [-0.1, -0.05) is 109 Å². The second kappa shape index (κ2) is 15.6. The number of hydrogen-bond donors (Lipinski definition) is 0. The van der Waals surface area contributed by atoms with E-state index in [2.05, 4.69) is 0 Å². The van der Waals surface area contributed by atoms with E-state index in [9.17, 15) is 23.6 Å². The SMILES string of the molecule is O=C1OC[C@H](Cc2ccccc2)N1C(=O)/C(=C/C[C@H](Cc1ccccc1)C(=O)N1C(=O)OC[C@@H]1Cc1ccccc1)Cc1ccc(F)cc1. The van der Waals surface area contributed by atoms with Gasteiger partial charge >= 0.3 is 12.2 Å². The number of carbonyl (C=O) groups is 4. The van der Waals surface area contributed by atoms with Gasteiger partial charge in [0.1, 0.15) is 19.0 Å². The molecule has 250 valence electrons. The molecule has 4 amide bonds. The van der Waals surface area contributed by atoms with E-state index >= 15 is 0 Å². The van der Waals surface area contributed by atoms with Crippen molar-refractivity contribution in [3.05, 3.63) is 155 Å². The number of imide groups is 2. The Kier molecular flexibility index (Phi) is 10.6. The Balaban J connectivity index is 1.31. The number of ether oxygens (including phenoxy) is 2. The number of allylic oxidation sites excluding steroid dienone is 1. The van der Waals surface area contributed by atoms with Crippen LogP contribution in [-0.2, 0) is 44.7 Å². The van der Waals surface area contributed by atoms with Crippen molar-refractivity contribution in [1.29, 1.82) is 0 Å². The highest BCUT2D eigenvalue weighted by Gasteiger charge is 2.42. The molecular weight excluding hydrogens is 623 g/mol. The van der Waals surface area contributed by atoms with Gasteiger partial charge in [-0.2, -0.15) is 0 Å². The maximum atomic E-state index is 14.3. The molecule has 8 nitrogen and oxygen atoms in total. The van der Waals surface area contributed by atoms with Crippen LogP contribution in [0.4, 0.5) is 14.0 Å². The summed E-state index contributed by atoms with van der Waals surface area (Å²) in [5.74, 6) is -2.09. The molecule has 3 atom stereocenters. The van der Waals surface area contributed by atoms with Crippen LogP contribution in [0.3, 0.4) is 0 Å². The molecule has 2 fully saturated rings. The van der Waals surface area contributed by atoms with E-state index in [1.807, 2.05) is 91.0 Å². The molecule has 0 unspecified atom stereocenters. The molecule has 4 aromatic rings. The van der Waals surface area contributed by atoms with Crippen LogP contribution in [0.1, 0.15) is 28.7 Å². The molecule has 0 spiro atoms. The maximum absolute atomic E-state index is 14.3. The van der Waals surface area contributed by atoms with E-state index in [-0.39, 0.29) is 31.6 Å². The Bertz CT molecular complexity index is 1800. The zero-order valence-electron chi connectivity index (χ0n) is 27.0. The fourth-order valence-corrected chi connectivity index (χ4v) is 6.38. The first-order valence-corrected chi connectivity index (χ1v) is 16.4. The second-order valence-corrected chi connectivity index (χ2v) is 12.4. The van der Waals surface area contributed by atoms with Gasteiger partial charge in [0, 0.05) is 17.9 Å². The smallest absolute Gasteiger partial charge is 0.417 e. The van der Waals surface area contributed by atoms with Gasteiger partial charge in [0.15, 0.2) is 0 Å². The number of halogens is 1. The molecule has 4 aromatic carbocycles. The molecule has 2 saturated heterocycles. The summed E-state index contributed by atoms with van der Waals surface area (Å²) >= 11 is 0. The molecule has 0 N–H and O–H groups in total. The Morgan fingerprint density at radius 1 is 0.673 bits per heavy atom. The first-order valence-electron chi connectivity index (χ1n) is 16.4. The number of cyclic esters (lactones) is 2. The first kappa shape index (κ1) is 33.3. The van der Waals surface area contributed by atoms with Crippen molar-refractivity contribution < 1.29 is 33.0 Å². The average Bonchev–Trinajstić information content (AvgIpc) is 3.67. The van der Waals surface area contributed by atoms with Crippen molar-refractivity contribution >= 4 is 24.0 Å². The van der Waals surface area contributed by atoms with Crippen molar-refractivity contribution in [1.82, 2.24) is 9.80 Å². The van der Waals surface area contributed by atoms with Crippen LogP contribution in [0.2, 0.25) is 0 Å². The quantitative estimate of drug-likeness (QED) is 0.157. The lowest BCUT2D eigenvalue weighted by Gasteiger charge is -2.25. The standard InChI is InChI=1S/C40H37FN2O6/c41-34-20-16-31(17-21-34)23-33(38(45)43-36(27-49-40(43)47)25-30-14-8-3-9-15-30)19-18-32(22-28-10-4-1-5-11-28)37(44)42-35(26-48-39(42)46)24-29-12-6-2-7-13-29/h1-17,19-21,32,35-36H,18,22-27H2/b33-19+/t32-,35+,36+/m1/s1. The fraction of sp³-hybridized carbons (Fsp3) is 0.250. The molecule has 2 aliphatic rings. The Hall–Kier alpha value is -5.57. The van der Waals surface area contributed by atoms with Gasteiger partial charge in [-0.05, 0) is 60.1 Å². The first-order chi connectivity index (χ1) is 23.9. The molecule has 0 aromatic heterocycles. The molecule has 0 radical (unpaired) electrons. The summed E-state index contributed by atoms with van der Waals surface area (Å²) in [6, 6.07) is 33.4. The minimum absolute atomic E-state index is 0.0539. The zero-order valence-corrected chi connectivity index (χ0v) is 27.0. The van der Waals surface area contributed by atoms with Gasteiger partial charge in [-0.15, -0.1) is 0 Å². The lowest BCUT2D eigenvalue weighted by atomic mass is 9.91. The van der Waals surface area contributed by atoms with Gasteiger partial charge in [-0.25, -0.2) is 23.8 Å². The largest absolute Gasteiger partial charge is 0.447 e. The van der Waals surface area contributed by atoms with Crippen LogP contribution in [0, 0.1) is 11.7 Å². The van der Waals surface area contributed by atoms with E-state index in [0.717, 1.165) is 21.6 Å². The molecule has 0 bridgehead atoms. The summed E-state index contributed by atoms with van der Waals surface area (Å²) in [5, 5.41) is 0. The van der Waals surface area contributed by atoms with Crippen LogP contribution in [0.15, 0.2) is 127 Å². The van der Waals surface area contributed by atoms with Crippen LogP contribution in [0.25, 0.3) is 0 Å². The van der Waals surface area contributed by atoms with E-state index in [0.29, 0.717) is 24.8 Å². The number of amides is 4. The summed E-state index contributed by atoms with van der Waals surface area (Å²) in [6.45, 7) is 0.139. The van der Waals surface area contributed by atoms with Crippen molar-refractivity contribution in [2.24, 2.45) is 5.92 Å². The average molecular weight is 661 g/mol. The van der Waals surface area contributed by atoms with Crippen molar-refractivity contribution in [3.8, 4) is 0 Å². The molecule has 2 aliphatic heterocycles. The number of hydrogen-bond acceptors (Lipinski definition) is 6. The number of benzene rings is 4. The van der Waals surface area contributed by atoms with Crippen molar-refractivity contribution in [2.75, 3.05) is 13.2 Å². The van der Waals surface area contributed by atoms with Gasteiger partial charge < -0.3 is 9.47 Å². The van der Waals surface area contributed by atoms with E-state index < -0.39 is 47.8 Å². The van der Waals surface area contributed by atoms with Gasteiger partial charge in [-0.3, -0.25) is 9.59 Å². The Labute approximate surface area is 284 Å². The third-order valence-electron chi connectivity index (χ3n) is 8.91. The van der Waals surface area contributed by atoms with E-state index in [4.69, 9.17) is 9.47 Å². The summed E-state index contributed by atoms with van der Waals surface area (Å²) in [4.78, 5) is 56.9. The minimum atomic E-state index is -0.739. The predicted octanol–water partition coefficient (Wildman–Crippen LogP) is 6.72. The normalized spacial score (nSPS) is 18.3. The lowest BCUT2D eigenvalue weighted by Crippen LogP contribution is -2.44. The van der Waals surface area contributed by atoms with Crippen LogP contribution >= 0.6 is 0 Å². The summed E-state index contributed by atoms with van der Waals surface area (Å²) in [7, 11) is 0. The number of nitrogens with zero attached hydrogens (tertiary/aromatic N) is 2. The third kappa shape index (κ3) is 8.30. The van der Waals surface area contributed by atoms with Crippen LogP contribution in [0.5, 0.6) is 0 Å². The van der Waals surface area contributed by atoms with E-state index in [1.54, 1.807) is 18.2 Å². The zero-order chi connectivity index (χ0) is 34.2. The maximum Gasteiger partial charge on any atom is 0.417 e. The number of carbonyl (C=O) groups excluding carboxylic acids is 4. The molecule has 49 heavy (non-hydrogen) atoms. The molecule has 0 aliphatic carbocycles. The second-order valence-electron chi connectivity index (χ2n) is 12.4. The molecule has 2 heterocycles. The van der Waals surface area contributed by atoms with Crippen molar-refractivity contribution in [3.63, 3.8) is 0 Å². The predicted molar refractivity (Wildman–Crippen MR) is 181 cm³/mol. The Morgan fingerprint density at radius 2 is 1.16 bits per heavy atom. The number of rotatable bonds is 12. The van der Waals surface area contributed by atoms with Crippen LogP contribution < -0.4 is 0 Å². The molecule has 0 saturated carbocycles. The molecule has 9 heteroatoms. The molecule has 6 rings (SSSR count). The molecular formula is C40H37FN2O6. The third-order valence-corrected chi connectivity index (χ3v) is 8.91. The monoisotopic (exact) mass is 660 g/mol. The summed E-state index contributed by atoms with van der Waals surface area (Å²) in [6.07, 6.45) is 1.60. The van der Waals surface area contributed by atoms with Crippen LogP contribution in [-0.4, -0.2) is 59.1 Å². The van der Waals surface area contributed by atoms with Gasteiger partial charge in [0.05, 0.1) is 12.1 Å².